The number of aliphatic carboxylic acids is 1. The highest BCUT2D eigenvalue weighted by Gasteiger charge is 2.11. The van der Waals surface area contributed by atoms with Gasteiger partial charge in [0.15, 0.2) is 5.69 Å². The number of hydrogen-bond donors (Lipinski definition) is 2. The van der Waals surface area contributed by atoms with E-state index in [1.54, 1.807) is 0 Å². The molecule has 0 fully saturated rings. The standard InChI is InChI=1S/C10H12N2O5S/c1-17-10(16)6-5-18-8(12-6)4-11-7(13)2-3-9(14)15/h5H,2-4H2,1H3,(H,11,13)(H,14,15). The van der Waals surface area contributed by atoms with Crippen LogP contribution >= 0.6 is 11.3 Å². The first-order valence-electron chi connectivity index (χ1n) is 5.04. The van der Waals surface area contributed by atoms with E-state index in [0.29, 0.717) is 5.01 Å². The van der Waals surface area contributed by atoms with Crippen molar-refractivity contribution in [1.82, 2.24) is 10.3 Å². The number of carbonyl (C=O) groups is 3. The lowest BCUT2D eigenvalue weighted by Gasteiger charge is -2.00. The van der Waals surface area contributed by atoms with Gasteiger partial charge in [-0.15, -0.1) is 11.3 Å². The molecule has 1 rings (SSSR count). The SMILES string of the molecule is COC(=O)c1csc(CNC(=O)CCC(=O)O)n1. The minimum absolute atomic E-state index is 0.0788. The molecule has 98 valence electrons. The summed E-state index contributed by atoms with van der Waals surface area (Å²) in [5, 5.41) is 13.0. The topological polar surface area (TPSA) is 106 Å². The molecule has 0 aromatic carbocycles. The van der Waals surface area contributed by atoms with E-state index in [1.165, 1.54) is 23.8 Å². The van der Waals surface area contributed by atoms with Crippen LogP contribution < -0.4 is 5.32 Å². The quantitative estimate of drug-likeness (QED) is 0.727. The fourth-order valence-corrected chi connectivity index (χ4v) is 1.78. The molecule has 7 nitrogen and oxygen atoms in total. The molecule has 8 heteroatoms. The Balaban J connectivity index is 2.39. The largest absolute Gasteiger partial charge is 0.481 e. The number of ether oxygens (including phenoxy) is 1. The fourth-order valence-electron chi connectivity index (χ4n) is 1.07. The lowest BCUT2D eigenvalue weighted by Crippen LogP contribution is -2.23. The second kappa shape index (κ2) is 6.70. The zero-order valence-electron chi connectivity index (χ0n) is 9.63. The molecule has 0 aliphatic heterocycles. The Morgan fingerprint density at radius 1 is 1.44 bits per heavy atom. The highest BCUT2D eigenvalue weighted by molar-refractivity contribution is 7.09. The van der Waals surface area contributed by atoms with Crippen molar-refractivity contribution < 1.29 is 24.2 Å². The summed E-state index contributed by atoms with van der Waals surface area (Å²) >= 11 is 1.22. The van der Waals surface area contributed by atoms with Gasteiger partial charge in [-0.2, -0.15) is 0 Å². The minimum atomic E-state index is -1.02. The van der Waals surface area contributed by atoms with Crippen molar-refractivity contribution in [2.45, 2.75) is 19.4 Å². The summed E-state index contributed by atoms with van der Waals surface area (Å²) in [7, 11) is 1.26. The zero-order valence-corrected chi connectivity index (χ0v) is 10.5. The summed E-state index contributed by atoms with van der Waals surface area (Å²) in [6.45, 7) is 0.167. The van der Waals surface area contributed by atoms with Crippen LogP contribution in [0, 0.1) is 0 Å². The molecule has 0 saturated heterocycles. The number of nitrogens with one attached hydrogen (secondary N) is 1. The van der Waals surface area contributed by atoms with Crippen LogP contribution in [0.2, 0.25) is 0 Å². The van der Waals surface area contributed by atoms with Crippen molar-refractivity contribution in [2.24, 2.45) is 0 Å². The molecule has 0 radical (unpaired) electrons. The van der Waals surface area contributed by atoms with Crippen molar-refractivity contribution in [1.29, 1.82) is 0 Å². The normalized spacial score (nSPS) is 9.83. The van der Waals surface area contributed by atoms with E-state index in [-0.39, 0.29) is 31.0 Å². The van der Waals surface area contributed by atoms with E-state index in [1.807, 2.05) is 0 Å². The van der Waals surface area contributed by atoms with Crippen LogP contribution in [0.5, 0.6) is 0 Å². The van der Waals surface area contributed by atoms with Gasteiger partial charge < -0.3 is 15.2 Å². The number of carbonyl (C=O) groups excluding carboxylic acids is 2. The molecule has 0 aliphatic rings. The van der Waals surface area contributed by atoms with Gasteiger partial charge in [-0.3, -0.25) is 9.59 Å². The summed E-state index contributed by atoms with van der Waals surface area (Å²) in [6, 6.07) is 0. The van der Waals surface area contributed by atoms with Gasteiger partial charge in [0.2, 0.25) is 5.91 Å². The van der Waals surface area contributed by atoms with Crippen molar-refractivity contribution in [3.63, 3.8) is 0 Å². The lowest BCUT2D eigenvalue weighted by molar-refractivity contribution is -0.138. The van der Waals surface area contributed by atoms with Gasteiger partial charge in [0.1, 0.15) is 5.01 Å². The minimum Gasteiger partial charge on any atom is -0.481 e. The second-order valence-corrected chi connectivity index (χ2v) is 4.23. The van der Waals surface area contributed by atoms with E-state index >= 15 is 0 Å². The molecular weight excluding hydrogens is 260 g/mol. The maximum absolute atomic E-state index is 11.2. The van der Waals surface area contributed by atoms with Gasteiger partial charge in [-0.1, -0.05) is 0 Å². The van der Waals surface area contributed by atoms with Crippen LogP contribution in [-0.2, 0) is 20.9 Å². The first kappa shape index (κ1) is 14.1. The molecule has 0 atom stereocenters. The third-order valence-corrected chi connectivity index (χ3v) is 2.80. The number of amides is 1. The van der Waals surface area contributed by atoms with Crippen molar-refractivity contribution in [3.8, 4) is 0 Å². The van der Waals surface area contributed by atoms with Crippen LogP contribution in [0.15, 0.2) is 5.38 Å². The van der Waals surface area contributed by atoms with Crippen molar-refractivity contribution in [2.75, 3.05) is 7.11 Å². The number of thiazole rings is 1. The molecule has 1 aromatic rings. The molecule has 0 aliphatic carbocycles. The maximum Gasteiger partial charge on any atom is 0.357 e. The Hall–Kier alpha value is -1.96. The van der Waals surface area contributed by atoms with E-state index in [0.717, 1.165) is 0 Å². The van der Waals surface area contributed by atoms with E-state index < -0.39 is 11.9 Å². The van der Waals surface area contributed by atoms with Crippen LogP contribution in [0.3, 0.4) is 0 Å². The average Bonchev–Trinajstić information content (AvgIpc) is 2.81. The molecule has 1 heterocycles. The van der Waals surface area contributed by atoms with Gasteiger partial charge in [-0.25, -0.2) is 9.78 Å². The van der Waals surface area contributed by atoms with Gasteiger partial charge in [0, 0.05) is 11.8 Å². The predicted octanol–water partition coefficient (Wildman–Crippen LogP) is 0.411. The number of rotatable bonds is 6. The molecule has 18 heavy (non-hydrogen) atoms. The number of esters is 1. The Morgan fingerprint density at radius 3 is 2.78 bits per heavy atom. The third kappa shape index (κ3) is 4.50. The molecule has 2 N–H and O–H groups in total. The zero-order chi connectivity index (χ0) is 13.5. The average molecular weight is 272 g/mol. The van der Waals surface area contributed by atoms with Gasteiger partial charge >= 0.3 is 11.9 Å². The smallest absolute Gasteiger partial charge is 0.357 e. The van der Waals surface area contributed by atoms with E-state index in [2.05, 4.69) is 15.0 Å². The van der Waals surface area contributed by atoms with E-state index in [4.69, 9.17) is 5.11 Å². The highest BCUT2D eigenvalue weighted by Crippen LogP contribution is 2.10. The number of aromatic nitrogens is 1. The molecule has 1 aromatic heterocycles. The third-order valence-electron chi connectivity index (χ3n) is 1.95. The Labute approximate surface area is 107 Å². The number of carboxylic acid groups (broad SMARTS) is 1. The maximum atomic E-state index is 11.2. The molecule has 0 bridgehead atoms. The van der Waals surface area contributed by atoms with Gasteiger partial charge in [0.05, 0.1) is 20.1 Å². The molecule has 0 unspecified atom stereocenters. The molecule has 1 amide bonds. The van der Waals surface area contributed by atoms with Gasteiger partial charge in [-0.05, 0) is 0 Å². The second-order valence-electron chi connectivity index (χ2n) is 3.29. The van der Waals surface area contributed by atoms with Crippen LogP contribution in [0.4, 0.5) is 0 Å². The van der Waals surface area contributed by atoms with Gasteiger partial charge in [0.25, 0.3) is 0 Å². The lowest BCUT2D eigenvalue weighted by atomic mass is 10.3. The monoisotopic (exact) mass is 272 g/mol. The van der Waals surface area contributed by atoms with E-state index in [9.17, 15) is 14.4 Å². The van der Waals surface area contributed by atoms with Crippen molar-refractivity contribution >= 4 is 29.2 Å². The summed E-state index contributed by atoms with van der Waals surface area (Å²) in [5.41, 5.74) is 0.192. The Morgan fingerprint density at radius 2 is 2.17 bits per heavy atom. The number of hydrogen-bond acceptors (Lipinski definition) is 6. The summed E-state index contributed by atoms with van der Waals surface area (Å²) in [5.74, 6) is -1.92. The Bertz CT molecular complexity index is 457. The van der Waals surface area contributed by atoms with Crippen LogP contribution in [-0.4, -0.2) is 35.0 Å². The number of carboxylic acids is 1. The molecular formula is C10H12N2O5S. The summed E-state index contributed by atoms with van der Waals surface area (Å²) < 4.78 is 4.49. The summed E-state index contributed by atoms with van der Waals surface area (Å²) in [6.07, 6.45) is -0.290. The predicted molar refractivity (Wildman–Crippen MR) is 62.2 cm³/mol. The number of methoxy groups -OCH3 is 1. The first-order valence-corrected chi connectivity index (χ1v) is 5.92. The van der Waals surface area contributed by atoms with Crippen LogP contribution in [0.1, 0.15) is 28.3 Å². The molecule has 0 saturated carbocycles. The van der Waals surface area contributed by atoms with Crippen LogP contribution in [0.25, 0.3) is 0 Å². The summed E-state index contributed by atoms with van der Waals surface area (Å²) in [4.78, 5) is 36.5. The highest BCUT2D eigenvalue weighted by atomic mass is 32.1. The van der Waals surface area contributed by atoms with Crippen molar-refractivity contribution in [3.05, 3.63) is 16.1 Å². The fraction of sp³-hybridized carbons (Fsp3) is 0.400. The first-order chi connectivity index (χ1) is 8.52. The number of nitrogens with zero attached hydrogens (tertiary/aromatic N) is 1. The Kier molecular flexibility index (Phi) is 5.25. The molecule has 0 spiro atoms.